The van der Waals surface area contributed by atoms with Gasteiger partial charge in [-0.1, -0.05) is 30.3 Å². The Morgan fingerprint density at radius 1 is 1.10 bits per heavy atom. The van der Waals surface area contributed by atoms with Crippen LogP contribution in [0, 0.1) is 0 Å². The average molecular weight is 406 g/mol. The summed E-state index contributed by atoms with van der Waals surface area (Å²) in [6, 6.07) is 15.3. The maximum absolute atomic E-state index is 13.5. The minimum absolute atomic E-state index is 0.0814. The number of pyridine rings is 1. The highest BCUT2D eigenvalue weighted by Gasteiger charge is 2.29. The van der Waals surface area contributed by atoms with Crippen LogP contribution in [0.2, 0.25) is 0 Å². The Morgan fingerprint density at radius 2 is 1.83 bits per heavy atom. The van der Waals surface area contributed by atoms with Crippen molar-refractivity contribution in [1.82, 2.24) is 9.88 Å². The molecule has 1 amide bonds. The highest BCUT2D eigenvalue weighted by molar-refractivity contribution is 5.99. The third kappa shape index (κ3) is 3.83. The summed E-state index contributed by atoms with van der Waals surface area (Å²) in [5.41, 5.74) is 3.26. The minimum Gasteiger partial charge on any atom is -0.493 e. The zero-order valence-corrected chi connectivity index (χ0v) is 17.3. The predicted molar refractivity (Wildman–Crippen MR) is 115 cm³/mol. The van der Waals surface area contributed by atoms with E-state index in [0.29, 0.717) is 36.4 Å². The van der Waals surface area contributed by atoms with Crippen LogP contribution in [-0.2, 0) is 12.8 Å². The van der Waals surface area contributed by atoms with Gasteiger partial charge in [-0.3, -0.25) is 9.78 Å². The lowest BCUT2D eigenvalue weighted by molar-refractivity contribution is 0.0599. The molecular weight excluding hydrogens is 380 g/mol. The van der Waals surface area contributed by atoms with Gasteiger partial charge in [-0.25, -0.2) is 0 Å². The van der Waals surface area contributed by atoms with E-state index < -0.39 is 0 Å². The zero-order chi connectivity index (χ0) is 21.1. The Bertz CT molecular complexity index is 1050. The molecule has 1 aromatic heterocycles. The second-order valence-corrected chi connectivity index (χ2v) is 7.51. The van der Waals surface area contributed by atoms with Crippen molar-refractivity contribution < 1.29 is 19.4 Å². The third-order valence-corrected chi connectivity index (χ3v) is 5.67. The molecule has 2 heterocycles. The minimum atomic E-state index is -0.271. The van der Waals surface area contributed by atoms with Gasteiger partial charge in [-0.05, 0) is 37.0 Å². The van der Waals surface area contributed by atoms with E-state index in [-0.39, 0.29) is 18.6 Å². The number of aliphatic hydroxyl groups excluding tert-OH is 1. The number of aliphatic hydroxyl groups is 1. The number of methoxy groups -OCH3 is 2. The lowest BCUT2D eigenvalue weighted by atomic mass is 10.0. The molecule has 0 spiro atoms. The fraction of sp³-hybridized carbons (Fsp3) is 0.333. The normalized spacial score (nSPS) is 14.9. The highest BCUT2D eigenvalue weighted by Crippen LogP contribution is 2.33. The van der Waals surface area contributed by atoms with Crippen molar-refractivity contribution in [3.63, 3.8) is 0 Å². The monoisotopic (exact) mass is 406 g/mol. The van der Waals surface area contributed by atoms with Crippen LogP contribution >= 0.6 is 0 Å². The van der Waals surface area contributed by atoms with Crippen LogP contribution < -0.4 is 9.47 Å². The first-order valence-electron chi connectivity index (χ1n) is 10.2. The van der Waals surface area contributed by atoms with Crippen molar-refractivity contribution in [3.05, 3.63) is 65.4 Å². The molecule has 1 atom stereocenters. The molecule has 0 fully saturated rings. The lowest BCUT2D eigenvalue weighted by Crippen LogP contribution is -2.43. The Balaban J connectivity index is 1.71. The number of nitrogens with zero attached hydrogens (tertiary/aromatic N) is 2. The van der Waals surface area contributed by atoms with Crippen molar-refractivity contribution in [2.75, 3.05) is 27.4 Å². The first-order chi connectivity index (χ1) is 14.6. The Labute approximate surface area is 176 Å². The highest BCUT2D eigenvalue weighted by atomic mass is 16.5. The molecule has 0 saturated heterocycles. The molecular formula is C24H26N2O4. The maximum Gasteiger partial charge on any atom is 0.256 e. The van der Waals surface area contributed by atoms with E-state index in [4.69, 9.17) is 14.5 Å². The number of benzene rings is 2. The van der Waals surface area contributed by atoms with Crippen LogP contribution in [0.25, 0.3) is 10.9 Å². The summed E-state index contributed by atoms with van der Waals surface area (Å²) in [4.78, 5) is 20.0. The number of amides is 1. The largest absolute Gasteiger partial charge is 0.493 e. The molecule has 6 heteroatoms. The van der Waals surface area contributed by atoms with Gasteiger partial charge in [0.25, 0.3) is 5.91 Å². The first-order valence-corrected chi connectivity index (χ1v) is 10.2. The summed E-state index contributed by atoms with van der Waals surface area (Å²) in [6.45, 7) is 0.512. The summed E-state index contributed by atoms with van der Waals surface area (Å²) in [5, 5.41) is 10.9. The number of carbonyl (C=O) groups excluding carboxylic acids is 1. The fourth-order valence-electron chi connectivity index (χ4n) is 4.10. The summed E-state index contributed by atoms with van der Waals surface area (Å²) in [6.07, 6.45) is 2.13. The molecule has 30 heavy (non-hydrogen) atoms. The molecule has 0 aliphatic carbocycles. The van der Waals surface area contributed by atoms with E-state index in [9.17, 15) is 9.90 Å². The van der Waals surface area contributed by atoms with Crippen LogP contribution in [0.5, 0.6) is 11.5 Å². The Morgan fingerprint density at radius 3 is 2.53 bits per heavy atom. The smallest absolute Gasteiger partial charge is 0.256 e. The van der Waals surface area contributed by atoms with Crippen LogP contribution in [-0.4, -0.2) is 54.3 Å². The van der Waals surface area contributed by atoms with Gasteiger partial charge >= 0.3 is 0 Å². The van der Waals surface area contributed by atoms with Crippen LogP contribution in [0.3, 0.4) is 0 Å². The molecule has 1 aliphatic rings. The first kappa shape index (κ1) is 20.2. The standard InChI is InChI=1S/C24H26N2O4/c1-29-22-13-17-12-19-20(25-21(17)14-23(22)30-2)9-6-10-26(24(19)28)18(15-27)11-16-7-4-3-5-8-16/h3-5,7-8,12-14,18,27H,6,9-11,15H2,1-2H3/t18-/m0/s1. The molecule has 6 nitrogen and oxygen atoms in total. The molecule has 0 unspecified atom stereocenters. The van der Waals surface area contributed by atoms with E-state index in [1.165, 1.54) is 0 Å². The van der Waals surface area contributed by atoms with E-state index in [2.05, 4.69) is 0 Å². The SMILES string of the molecule is COc1cc2cc3c(nc2cc1OC)CCCN([C@H](CO)Cc1ccccc1)C3=O. The molecule has 1 N–H and O–H groups in total. The molecule has 0 radical (unpaired) electrons. The number of aryl methyl sites for hydroxylation is 1. The fourth-order valence-corrected chi connectivity index (χ4v) is 4.10. The second kappa shape index (κ2) is 8.71. The number of ether oxygens (including phenoxy) is 2. The summed E-state index contributed by atoms with van der Waals surface area (Å²) < 4.78 is 10.8. The van der Waals surface area contributed by atoms with Crippen LogP contribution in [0.1, 0.15) is 28.0 Å². The average Bonchev–Trinajstić information content (AvgIpc) is 2.94. The van der Waals surface area contributed by atoms with Gasteiger partial charge in [0.15, 0.2) is 11.5 Å². The maximum atomic E-state index is 13.5. The van der Waals surface area contributed by atoms with Gasteiger partial charge < -0.3 is 19.5 Å². The predicted octanol–water partition coefficient (Wildman–Crippen LogP) is 3.24. The number of hydrogen-bond acceptors (Lipinski definition) is 5. The molecule has 156 valence electrons. The molecule has 0 bridgehead atoms. The molecule has 2 aromatic carbocycles. The zero-order valence-electron chi connectivity index (χ0n) is 17.3. The van der Waals surface area contributed by atoms with Gasteiger partial charge in [-0.2, -0.15) is 0 Å². The van der Waals surface area contributed by atoms with Gasteiger partial charge in [-0.15, -0.1) is 0 Å². The number of hydrogen-bond donors (Lipinski definition) is 1. The summed E-state index contributed by atoms with van der Waals surface area (Å²) in [7, 11) is 3.18. The van der Waals surface area contributed by atoms with Crippen LogP contribution in [0.15, 0.2) is 48.5 Å². The third-order valence-electron chi connectivity index (χ3n) is 5.67. The van der Waals surface area contributed by atoms with E-state index in [1.54, 1.807) is 19.1 Å². The number of fused-ring (bicyclic) bond motifs is 2. The Kier molecular flexibility index (Phi) is 5.86. The van der Waals surface area contributed by atoms with Crippen LogP contribution in [0.4, 0.5) is 0 Å². The number of rotatable bonds is 6. The van der Waals surface area contributed by atoms with E-state index in [0.717, 1.165) is 28.6 Å². The number of aromatic nitrogens is 1. The van der Waals surface area contributed by atoms with E-state index in [1.807, 2.05) is 48.5 Å². The van der Waals surface area contributed by atoms with Gasteiger partial charge in [0.05, 0.1) is 43.6 Å². The summed E-state index contributed by atoms with van der Waals surface area (Å²) in [5.74, 6) is 1.13. The molecule has 1 aliphatic heterocycles. The second-order valence-electron chi connectivity index (χ2n) is 7.51. The van der Waals surface area contributed by atoms with Crippen molar-refractivity contribution >= 4 is 16.8 Å². The molecule has 3 aromatic rings. The topological polar surface area (TPSA) is 71.9 Å². The Hall–Kier alpha value is -3.12. The lowest BCUT2D eigenvalue weighted by Gasteiger charge is -2.30. The molecule has 4 rings (SSSR count). The van der Waals surface area contributed by atoms with Crippen molar-refractivity contribution in [2.45, 2.75) is 25.3 Å². The van der Waals surface area contributed by atoms with Crippen molar-refractivity contribution in [3.8, 4) is 11.5 Å². The van der Waals surface area contributed by atoms with Crippen molar-refractivity contribution in [1.29, 1.82) is 0 Å². The van der Waals surface area contributed by atoms with Gasteiger partial charge in [0.2, 0.25) is 0 Å². The van der Waals surface area contributed by atoms with Gasteiger partial charge in [0.1, 0.15) is 0 Å². The number of carbonyl (C=O) groups is 1. The molecule has 0 saturated carbocycles. The quantitative estimate of drug-likeness (QED) is 0.680. The van der Waals surface area contributed by atoms with Gasteiger partial charge in [0, 0.05) is 18.0 Å². The summed E-state index contributed by atoms with van der Waals surface area (Å²) >= 11 is 0. The van der Waals surface area contributed by atoms with E-state index >= 15 is 0 Å². The van der Waals surface area contributed by atoms with Crippen molar-refractivity contribution in [2.24, 2.45) is 0 Å².